The number of aromatic nitrogens is 1. The number of aliphatic carboxylic acids is 2. The van der Waals surface area contributed by atoms with Crippen molar-refractivity contribution in [2.75, 3.05) is 11.5 Å². The number of hydrogen-bond acceptors (Lipinski definition) is 8. The van der Waals surface area contributed by atoms with Gasteiger partial charge in [-0.1, -0.05) is 23.2 Å². The summed E-state index contributed by atoms with van der Waals surface area (Å²) in [5.74, 6) is -3.95. The lowest BCUT2D eigenvalue weighted by Gasteiger charge is -2.52. The highest BCUT2D eigenvalue weighted by Gasteiger charge is 2.57. The Kier molecular flexibility index (Phi) is 9.17. The van der Waals surface area contributed by atoms with Crippen LogP contribution in [0.2, 0.25) is 10.0 Å². The van der Waals surface area contributed by atoms with E-state index in [9.17, 15) is 29.1 Å². The third kappa shape index (κ3) is 6.38. The van der Waals surface area contributed by atoms with Crippen LogP contribution in [0.25, 0.3) is 0 Å². The van der Waals surface area contributed by atoms with Crippen molar-refractivity contribution in [2.24, 2.45) is 0 Å². The van der Waals surface area contributed by atoms with Crippen molar-refractivity contribution in [1.29, 1.82) is 0 Å². The topological polar surface area (TPSA) is 136 Å². The molecule has 2 aliphatic heterocycles. The first kappa shape index (κ1) is 29.3. The molecule has 0 saturated carbocycles. The summed E-state index contributed by atoms with van der Waals surface area (Å²) >= 11 is 16.0. The number of carbonyl (C=O) groups is 5. The molecule has 2 aliphatic rings. The molecule has 0 bridgehead atoms. The fourth-order valence-corrected chi connectivity index (χ4v) is 7.82. The fourth-order valence-electron chi connectivity index (χ4n) is 3.88. The van der Waals surface area contributed by atoms with Gasteiger partial charge in [-0.25, -0.2) is 9.59 Å². The summed E-state index contributed by atoms with van der Waals surface area (Å²) < 4.78 is 2.74. The van der Waals surface area contributed by atoms with Crippen LogP contribution in [0, 0.1) is 0 Å². The monoisotopic (exact) mass is 628 g/mol. The number of ketones is 1. The summed E-state index contributed by atoms with van der Waals surface area (Å²) in [5, 5.41) is 18.9. The third-order valence-corrected chi connectivity index (χ3v) is 10.0. The van der Waals surface area contributed by atoms with E-state index in [1.54, 1.807) is 42.7 Å². The second-order valence-electron chi connectivity index (χ2n) is 8.35. The number of pyridine rings is 1. The molecule has 1 saturated heterocycles. The van der Waals surface area contributed by atoms with E-state index in [2.05, 4.69) is 0 Å². The molecule has 1 fully saturated rings. The van der Waals surface area contributed by atoms with Gasteiger partial charge in [0.15, 0.2) is 18.4 Å². The maximum atomic E-state index is 13.3. The number of carboxylic acids is 2. The first-order valence-corrected chi connectivity index (χ1v) is 14.7. The molecular formula is C24H20Cl2N3O7S3+. The highest BCUT2D eigenvalue weighted by molar-refractivity contribution is 8.01. The molecule has 1 aromatic carbocycles. The van der Waals surface area contributed by atoms with Crippen LogP contribution in [0.15, 0.2) is 63.8 Å². The average molecular weight is 630 g/mol. The van der Waals surface area contributed by atoms with Crippen LogP contribution in [0.5, 0.6) is 0 Å². The van der Waals surface area contributed by atoms with Crippen molar-refractivity contribution in [1.82, 2.24) is 9.21 Å². The van der Waals surface area contributed by atoms with Crippen molar-refractivity contribution in [3.63, 3.8) is 0 Å². The van der Waals surface area contributed by atoms with E-state index in [1.165, 1.54) is 44.2 Å². The predicted molar refractivity (Wildman–Crippen MR) is 146 cm³/mol. The van der Waals surface area contributed by atoms with Crippen molar-refractivity contribution in [3.8, 4) is 0 Å². The molecule has 0 spiro atoms. The number of fused-ring (bicyclic) bond motifs is 1. The number of carboxylic acid groups (broad SMARTS) is 2. The Hall–Kier alpha value is -2.71. The fraction of sp³-hybridized carbons (Fsp3) is 0.250. The Balaban J connectivity index is 1.49. The minimum Gasteiger partial charge on any atom is -0.477 e. The number of hydrogen-bond donors (Lipinski definition) is 2. The number of β-lactam (4-membered cyclic amide) rings is 1. The molecule has 39 heavy (non-hydrogen) atoms. The minimum atomic E-state index is -1.51. The number of carbonyl (C=O) groups excluding carboxylic acids is 3. The zero-order chi connectivity index (χ0) is 28.4. The van der Waals surface area contributed by atoms with E-state index in [0.29, 0.717) is 26.3 Å². The van der Waals surface area contributed by atoms with Gasteiger partial charge in [-0.3, -0.25) is 23.6 Å². The number of Topliss-reactive ketones (excluding diaryl/α,β-unsaturated/α-hetero) is 1. The number of benzene rings is 1. The molecule has 0 unspecified atom stereocenters. The van der Waals surface area contributed by atoms with Gasteiger partial charge >= 0.3 is 17.7 Å². The second-order valence-corrected chi connectivity index (χ2v) is 12.4. The van der Waals surface area contributed by atoms with Gasteiger partial charge in [-0.05, 0) is 35.7 Å². The Morgan fingerprint density at radius 1 is 1.15 bits per heavy atom. The zero-order valence-corrected chi connectivity index (χ0v) is 24.0. The van der Waals surface area contributed by atoms with E-state index in [-0.39, 0.29) is 23.9 Å². The van der Waals surface area contributed by atoms with Gasteiger partial charge in [-0.2, -0.15) is 4.57 Å². The van der Waals surface area contributed by atoms with Crippen molar-refractivity contribution >= 4 is 88.2 Å². The molecule has 2 aromatic rings. The van der Waals surface area contributed by atoms with E-state index in [4.69, 9.17) is 28.3 Å². The number of nitrogens with zero attached hydrogens (tertiary/aromatic N) is 3. The molecule has 2 amide bonds. The molecule has 1 aromatic heterocycles. The highest BCUT2D eigenvalue weighted by Crippen LogP contribution is 2.46. The quantitative estimate of drug-likeness (QED) is 0.133. The summed E-state index contributed by atoms with van der Waals surface area (Å²) in [6.45, 7) is 1.02. The van der Waals surface area contributed by atoms with Gasteiger partial charge < -0.3 is 10.2 Å². The van der Waals surface area contributed by atoms with Gasteiger partial charge in [0, 0.05) is 45.4 Å². The second kappa shape index (κ2) is 12.2. The standard InChI is InChI=1S/C24H19Cl2N3O7S3/c1-12(30)29(39-18-8-14(25)2-3-16(18)26)20-21(32)28-19(24(35)36)13(11-38-22(20)28)10-37-15-4-6-27(7-5-15)9-17(31)23(33)34/h2-8,20,22H,9-11H2,1H3,(H-,33,34,35,36)/p+1/t20-,22+/m0/s1. The van der Waals surface area contributed by atoms with Crippen LogP contribution in [0.4, 0.5) is 0 Å². The highest BCUT2D eigenvalue weighted by atomic mass is 35.5. The molecule has 3 heterocycles. The number of halogens is 2. The van der Waals surface area contributed by atoms with Crippen molar-refractivity contribution < 1.29 is 38.8 Å². The van der Waals surface area contributed by atoms with E-state index < -0.39 is 35.0 Å². The maximum absolute atomic E-state index is 13.3. The Labute approximate surface area is 245 Å². The average Bonchev–Trinajstić information content (AvgIpc) is 2.89. The number of amides is 2. The summed E-state index contributed by atoms with van der Waals surface area (Å²) in [6.07, 6.45) is 3.12. The molecule has 2 N–H and O–H groups in total. The van der Waals surface area contributed by atoms with Crippen LogP contribution in [0.3, 0.4) is 0 Å². The van der Waals surface area contributed by atoms with E-state index in [0.717, 1.165) is 16.8 Å². The van der Waals surface area contributed by atoms with Crippen LogP contribution in [-0.2, 0) is 30.5 Å². The molecule has 2 atom stereocenters. The van der Waals surface area contributed by atoms with Crippen LogP contribution in [-0.4, -0.2) is 71.9 Å². The van der Waals surface area contributed by atoms with Crippen molar-refractivity contribution in [2.45, 2.75) is 34.7 Å². The van der Waals surface area contributed by atoms with E-state index in [1.807, 2.05) is 0 Å². The largest absolute Gasteiger partial charge is 0.477 e. The Morgan fingerprint density at radius 3 is 2.46 bits per heavy atom. The number of rotatable bonds is 10. The Bertz CT molecular complexity index is 1400. The molecule has 15 heteroatoms. The lowest BCUT2D eigenvalue weighted by atomic mass is 10.0. The van der Waals surface area contributed by atoms with Gasteiger partial charge in [0.1, 0.15) is 11.1 Å². The smallest absolute Gasteiger partial charge is 0.379 e. The molecule has 10 nitrogen and oxygen atoms in total. The molecule has 4 rings (SSSR count). The molecular weight excluding hydrogens is 609 g/mol. The zero-order valence-electron chi connectivity index (χ0n) is 20.1. The SMILES string of the molecule is CC(=O)N(Sc1cc(Cl)ccc1Cl)[C@H]1C(=O)N2C(C(=O)O)=C(CSc3cc[n+](CC(=O)C(=O)O)cc3)CS[C@H]12. The van der Waals surface area contributed by atoms with Gasteiger partial charge in [0.2, 0.25) is 12.5 Å². The first-order valence-electron chi connectivity index (χ1n) is 11.2. The predicted octanol–water partition coefficient (Wildman–Crippen LogP) is 3.20. The summed E-state index contributed by atoms with van der Waals surface area (Å²) in [4.78, 5) is 62.6. The normalized spacial score (nSPS) is 18.3. The van der Waals surface area contributed by atoms with Crippen LogP contribution < -0.4 is 4.57 Å². The van der Waals surface area contributed by atoms with Crippen LogP contribution >= 0.6 is 58.7 Å². The summed E-state index contributed by atoms with van der Waals surface area (Å²) in [6, 6.07) is 7.28. The summed E-state index contributed by atoms with van der Waals surface area (Å²) in [7, 11) is 0. The molecule has 204 valence electrons. The third-order valence-electron chi connectivity index (χ3n) is 5.71. The van der Waals surface area contributed by atoms with E-state index >= 15 is 0 Å². The minimum absolute atomic E-state index is 0.0974. The first-order chi connectivity index (χ1) is 18.5. The van der Waals surface area contributed by atoms with Gasteiger partial charge in [-0.15, -0.1) is 23.5 Å². The number of thioether (sulfide) groups is 2. The lowest BCUT2D eigenvalue weighted by molar-refractivity contribution is -0.684. The Morgan fingerprint density at radius 2 is 1.85 bits per heavy atom. The maximum Gasteiger partial charge on any atom is 0.379 e. The van der Waals surface area contributed by atoms with Crippen LogP contribution in [0.1, 0.15) is 6.92 Å². The molecule has 0 radical (unpaired) electrons. The summed E-state index contributed by atoms with van der Waals surface area (Å²) in [5.41, 5.74) is 0.457. The van der Waals surface area contributed by atoms with Gasteiger partial charge in [0.25, 0.3) is 5.91 Å². The molecule has 0 aliphatic carbocycles. The van der Waals surface area contributed by atoms with Crippen molar-refractivity contribution in [3.05, 3.63) is 64.0 Å². The lowest BCUT2D eigenvalue weighted by Crippen LogP contribution is -2.70. The van der Waals surface area contributed by atoms with Gasteiger partial charge in [0.05, 0.1) is 5.02 Å².